The molecule has 0 aromatic heterocycles. The van der Waals surface area contributed by atoms with Crippen LogP contribution in [0.2, 0.25) is 0 Å². The second-order valence-corrected chi connectivity index (χ2v) is 6.60. The second kappa shape index (κ2) is 5.58. The van der Waals surface area contributed by atoms with Gasteiger partial charge in [-0.1, -0.05) is 13.8 Å². The van der Waals surface area contributed by atoms with Gasteiger partial charge in [0.15, 0.2) is 5.78 Å². The van der Waals surface area contributed by atoms with Crippen molar-refractivity contribution in [2.24, 2.45) is 16.7 Å². The topological polar surface area (TPSA) is 96.0 Å². The first kappa shape index (κ1) is 17.9. The first-order valence-electron chi connectivity index (χ1n) is 7.39. The molecular weight excluding hydrogens is 316 g/mol. The molecule has 0 aromatic rings. The molecule has 0 amide bonds. The zero-order valence-corrected chi connectivity index (χ0v) is 14.5. The number of allylic oxidation sites excluding steroid dienone is 2. The molecule has 3 rings (SSSR count). The Hall–Kier alpha value is -2.44. The fourth-order valence-corrected chi connectivity index (χ4v) is 3.71. The van der Waals surface area contributed by atoms with Gasteiger partial charge in [-0.05, 0) is 13.0 Å². The summed E-state index contributed by atoms with van der Waals surface area (Å²) in [6.45, 7) is 6.02. The van der Waals surface area contributed by atoms with Crippen molar-refractivity contribution < 1.29 is 33.4 Å². The summed E-state index contributed by atoms with van der Waals surface area (Å²) < 4.78 is 14.8. The van der Waals surface area contributed by atoms with E-state index in [1.54, 1.807) is 13.8 Å². The van der Waals surface area contributed by atoms with Gasteiger partial charge in [0.25, 0.3) is 0 Å². The number of esters is 3. The van der Waals surface area contributed by atoms with E-state index in [1.807, 2.05) is 0 Å². The first-order chi connectivity index (χ1) is 11.0. The number of methoxy groups -OCH3 is 2. The van der Waals surface area contributed by atoms with Crippen LogP contribution in [0.4, 0.5) is 0 Å². The van der Waals surface area contributed by atoms with Crippen LogP contribution >= 0.6 is 0 Å². The summed E-state index contributed by atoms with van der Waals surface area (Å²) in [6, 6.07) is 0. The van der Waals surface area contributed by atoms with Gasteiger partial charge in [-0.25, -0.2) is 9.59 Å². The molecule has 0 fully saturated rings. The normalized spacial score (nSPS) is 27.5. The van der Waals surface area contributed by atoms with E-state index in [9.17, 15) is 19.2 Å². The maximum Gasteiger partial charge on any atom is 0.335 e. The second-order valence-electron chi connectivity index (χ2n) is 6.60. The molecule has 0 radical (unpaired) electrons. The number of carbonyl (C=O) groups is 4. The Bertz CT molecular complexity index is 710. The molecule has 0 aromatic carbocycles. The Morgan fingerprint density at radius 2 is 1.58 bits per heavy atom. The minimum Gasteiger partial charge on any atom is -0.466 e. The molecule has 130 valence electrons. The average molecular weight is 336 g/mol. The van der Waals surface area contributed by atoms with E-state index in [4.69, 9.17) is 14.2 Å². The molecule has 3 aliphatic rings. The molecule has 0 spiro atoms. The summed E-state index contributed by atoms with van der Waals surface area (Å²) in [7, 11) is 2.35. The predicted molar refractivity (Wildman–Crippen MR) is 81.3 cm³/mol. The number of hydrogen-bond acceptors (Lipinski definition) is 7. The molecule has 0 aliphatic heterocycles. The van der Waals surface area contributed by atoms with Crippen molar-refractivity contribution in [2.75, 3.05) is 14.2 Å². The van der Waals surface area contributed by atoms with Crippen molar-refractivity contribution in [3.8, 4) is 0 Å². The number of Topliss-reactive ketones (excluding diaryl/α,β-unsaturated/α-hetero) is 1. The SMILES string of the molecule is COC(=O)C1=C(C(=O)OC)C2(C)C=C(OC(C)=O)C1C(C)(C)C2=O. The monoisotopic (exact) mass is 336 g/mol. The van der Waals surface area contributed by atoms with Crippen molar-refractivity contribution in [1.29, 1.82) is 0 Å². The molecule has 2 bridgehead atoms. The van der Waals surface area contributed by atoms with Gasteiger partial charge in [0.2, 0.25) is 0 Å². The molecule has 0 heterocycles. The third-order valence-corrected chi connectivity index (χ3v) is 4.63. The molecule has 2 atom stereocenters. The molecule has 24 heavy (non-hydrogen) atoms. The van der Waals surface area contributed by atoms with E-state index >= 15 is 0 Å². The molecule has 0 saturated heterocycles. The summed E-state index contributed by atoms with van der Waals surface area (Å²) in [5.41, 5.74) is -2.58. The molecule has 7 heteroatoms. The highest BCUT2D eigenvalue weighted by Gasteiger charge is 2.63. The summed E-state index contributed by atoms with van der Waals surface area (Å²) in [4.78, 5) is 49.1. The third kappa shape index (κ3) is 2.26. The van der Waals surface area contributed by atoms with Gasteiger partial charge in [0, 0.05) is 12.3 Å². The van der Waals surface area contributed by atoms with Crippen LogP contribution in [0.25, 0.3) is 0 Å². The quantitative estimate of drug-likeness (QED) is 0.566. The van der Waals surface area contributed by atoms with Gasteiger partial charge in [-0.2, -0.15) is 0 Å². The first-order valence-corrected chi connectivity index (χ1v) is 7.39. The van der Waals surface area contributed by atoms with Crippen LogP contribution in [-0.4, -0.2) is 37.9 Å². The van der Waals surface area contributed by atoms with Gasteiger partial charge in [-0.3, -0.25) is 9.59 Å². The smallest absolute Gasteiger partial charge is 0.335 e. The maximum absolute atomic E-state index is 13.0. The Morgan fingerprint density at radius 1 is 1.04 bits per heavy atom. The van der Waals surface area contributed by atoms with E-state index in [0.29, 0.717) is 0 Å². The minimum absolute atomic E-state index is 0.00444. The molecular formula is C17H20O7. The number of fused-ring (bicyclic) bond motifs is 1. The number of hydrogen-bond donors (Lipinski definition) is 0. The number of ketones is 1. The summed E-state index contributed by atoms with van der Waals surface area (Å²) in [5, 5.41) is 0. The molecule has 3 aliphatic carbocycles. The van der Waals surface area contributed by atoms with Crippen molar-refractivity contribution >= 4 is 23.7 Å². The Labute approximate surface area is 139 Å². The fraction of sp³-hybridized carbons (Fsp3) is 0.529. The van der Waals surface area contributed by atoms with Crippen LogP contribution in [0.1, 0.15) is 27.7 Å². The minimum atomic E-state index is -1.44. The third-order valence-electron chi connectivity index (χ3n) is 4.63. The zero-order valence-electron chi connectivity index (χ0n) is 14.5. The van der Waals surface area contributed by atoms with Crippen LogP contribution in [0.15, 0.2) is 23.0 Å². The molecule has 7 nitrogen and oxygen atoms in total. The van der Waals surface area contributed by atoms with Crippen LogP contribution in [-0.2, 0) is 33.4 Å². The van der Waals surface area contributed by atoms with Crippen LogP contribution in [0.5, 0.6) is 0 Å². The van der Waals surface area contributed by atoms with Crippen molar-refractivity contribution in [3.63, 3.8) is 0 Å². The Kier molecular flexibility index (Phi) is 4.16. The highest BCUT2D eigenvalue weighted by atomic mass is 16.5. The summed E-state index contributed by atoms with van der Waals surface area (Å²) in [6.07, 6.45) is 1.42. The summed E-state index contributed by atoms with van der Waals surface area (Å²) >= 11 is 0. The van der Waals surface area contributed by atoms with E-state index < -0.39 is 34.7 Å². The Balaban J connectivity index is 2.83. The largest absolute Gasteiger partial charge is 0.466 e. The van der Waals surface area contributed by atoms with E-state index in [1.165, 1.54) is 34.1 Å². The van der Waals surface area contributed by atoms with E-state index in [2.05, 4.69) is 0 Å². The van der Waals surface area contributed by atoms with Gasteiger partial charge < -0.3 is 14.2 Å². The van der Waals surface area contributed by atoms with Crippen LogP contribution in [0.3, 0.4) is 0 Å². The van der Waals surface area contributed by atoms with Crippen LogP contribution < -0.4 is 0 Å². The van der Waals surface area contributed by atoms with Crippen molar-refractivity contribution in [2.45, 2.75) is 27.7 Å². The highest BCUT2D eigenvalue weighted by Crippen LogP contribution is 2.58. The van der Waals surface area contributed by atoms with Crippen molar-refractivity contribution in [3.05, 3.63) is 23.0 Å². The maximum atomic E-state index is 13.0. The van der Waals surface area contributed by atoms with Gasteiger partial charge in [-0.15, -0.1) is 0 Å². The van der Waals surface area contributed by atoms with Gasteiger partial charge in [0.05, 0.1) is 36.7 Å². The Morgan fingerprint density at radius 3 is 2.04 bits per heavy atom. The number of ether oxygens (including phenoxy) is 3. The van der Waals surface area contributed by atoms with Gasteiger partial charge >= 0.3 is 17.9 Å². The lowest BCUT2D eigenvalue weighted by molar-refractivity contribution is -0.151. The molecule has 0 saturated carbocycles. The van der Waals surface area contributed by atoms with E-state index in [0.717, 1.165) is 0 Å². The van der Waals surface area contributed by atoms with E-state index in [-0.39, 0.29) is 22.7 Å². The molecule has 0 N–H and O–H groups in total. The van der Waals surface area contributed by atoms with Crippen molar-refractivity contribution in [1.82, 2.24) is 0 Å². The lowest BCUT2D eigenvalue weighted by atomic mass is 9.51. The number of carbonyl (C=O) groups excluding carboxylic acids is 4. The van der Waals surface area contributed by atoms with Crippen LogP contribution in [0, 0.1) is 16.7 Å². The zero-order chi connectivity index (χ0) is 18.4. The lowest BCUT2D eigenvalue weighted by Gasteiger charge is -2.50. The van der Waals surface area contributed by atoms with Gasteiger partial charge in [0.1, 0.15) is 5.76 Å². The summed E-state index contributed by atoms with van der Waals surface area (Å²) in [5.74, 6) is -3.12. The average Bonchev–Trinajstić information content (AvgIpc) is 2.49. The lowest BCUT2D eigenvalue weighted by Crippen LogP contribution is -2.56. The highest BCUT2D eigenvalue weighted by molar-refractivity contribution is 6.13. The molecule has 2 unspecified atom stereocenters. The predicted octanol–water partition coefficient (Wildman–Crippen LogP) is 1.32. The standard InChI is InChI=1S/C17H20O7/c1-8(18)24-9-7-17(4)12(14(20)23-6)10(13(19)22-5)11(9)16(2,3)15(17)21/h7,11H,1-6H3. The number of rotatable bonds is 3. The fourth-order valence-electron chi connectivity index (χ4n) is 3.71.